The van der Waals surface area contributed by atoms with Crippen LogP contribution in [0.25, 0.3) is 0 Å². The molecule has 4 unspecified atom stereocenters. The van der Waals surface area contributed by atoms with Crippen LogP contribution in [-0.2, 0) is 9.47 Å². The van der Waals surface area contributed by atoms with Crippen molar-refractivity contribution in [1.82, 2.24) is 5.32 Å². The van der Waals surface area contributed by atoms with Crippen LogP contribution in [0.3, 0.4) is 0 Å². The van der Waals surface area contributed by atoms with Gasteiger partial charge in [0.05, 0.1) is 17.3 Å². The van der Waals surface area contributed by atoms with Crippen molar-refractivity contribution in [2.75, 3.05) is 13.2 Å². The normalized spacial score (nSPS) is 37.2. The molecule has 4 atom stereocenters. The first-order valence-electron chi connectivity index (χ1n) is 8.32. The number of ether oxygens (including phenoxy) is 2. The monoisotopic (exact) mass is 283 g/mol. The molecule has 0 saturated carbocycles. The van der Waals surface area contributed by atoms with Gasteiger partial charge in [0.2, 0.25) is 0 Å². The predicted octanol–water partition coefficient (Wildman–Crippen LogP) is 3.37. The molecular weight excluding hydrogens is 250 g/mol. The van der Waals surface area contributed by atoms with Crippen LogP contribution in [0.2, 0.25) is 0 Å². The number of hydrogen-bond donors (Lipinski definition) is 1. The summed E-state index contributed by atoms with van der Waals surface area (Å²) in [6, 6.07) is 0.407. The first-order valence-corrected chi connectivity index (χ1v) is 8.32. The highest BCUT2D eigenvalue weighted by Gasteiger charge is 2.51. The van der Waals surface area contributed by atoms with Crippen LogP contribution in [0, 0.1) is 11.8 Å². The summed E-state index contributed by atoms with van der Waals surface area (Å²) < 4.78 is 12.4. The molecule has 2 aliphatic heterocycles. The van der Waals surface area contributed by atoms with Crippen molar-refractivity contribution in [2.45, 2.75) is 84.2 Å². The van der Waals surface area contributed by atoms with E-state index in [9.17, 15) is 0 Å². The lowest BCUT2D eigenvalue weighted by Gasteiger charge is -2.37. The van der Waals surface area contributed by atoms with E-state index < -0.39 is 0 Å². The Hall–Kier alpha value is -0.120. The van der Waals surface area contributed by atoms with E-state index in [0.717, 1.165) is 26.0 Å². The minimum Gasteiger partial charge on any atom is -0.376 e. The largest absolute Gasteiger partial charge is 0.376 e. The third kappa shape index (κ3) is 3.37. The number of hydrogen-bond acceptors (Lipinski definition) is 3. The molecule has 0 amide bonds. The van der Waals surface area contributed by atoms with E-state index in [-0.39, 0.29) is 11.2 Å². The minimum absolute atomic E-state index is 0.0256. The Bertz CT molecular complexity index is 327. The summed E-state index contributed by atoms with van der Waals surface area (Å²) in [5, 5.41) is 3.77. The van der Waals surface area contributed by atoms with Gasteiger partial charge in [-0.05, 0) is 59.4 Å². The maximum absolute atomic E-state index is 6.31. The fourth-order valence-electron chi connectivity index (χ4n) is 4.14. The standard InChI is InChI=1S/C17H33NO2/c1-7-9-18-14(15-12(2)8-10-19-15)13-11-16(3,4)20-17(13,5)6/h12-15,18H,7-11H2,1-6H3. The van der Waals surface area contributed by atoms with Gasteiger partial charge < -0.3 is 14.8 Å². The first kappa shape index (κ1) is 16.3. The van der Waals surface area contributed by atoms with Gasteiger partial charge in [0.1, 0.15) is 0 Å². The van der Waals surface area contributed by atoms with Crippen LogP contribution in [-0.4, -0.2) is 36.5 Å². The van der Waals surface area contributed by atoms with E-state index in [2.05, 4.69) is 46.9 Å². The topological polar surface area (TPSA) is 30.5 Å². The van der Waals surface area contributed by atoms with Gasteiger partial charge in [-0.3, -0.25) is 0 Å². The molecule has 1 N–H and O–H groups in total. The molecule has 0 radical (unpaired) electrons. The molecule has 0 aromatic carbocycles. The maximum Gasteiger partial charge on any atom is 0.0758 e. The van der Waals surface area contributed by atoms with Crippen molar-refractivity contribution in [2.24, 2.45) is 11.8 Å². The van der Waals surface area contributed by atoms with Gasteiger partial charge in [-0.2, -0.15) is 0 Å². The molecule has 3 nitrogen and oxygen atoms in total. The summed E-state index contributed by atoms with van der Waals surface area (Å²) >= 11 is 0. The fraction of sp³-hybridized carbons (Fsp3) is 1.00. The lowest BCUT2D eigenvalue weighted by atomic mass is 9.77. The van der Waals surface area contributed by atoms with Gasteiger partial charge in [-0.15, -0.1) is 0 Å². The summed E-state index contributed by atoms with van der Waals surface area (Å²) in [6.07, 6.45) is 3.79. The number of nitrogens with one attached hydrogen (secondary N) is 1. The average molecular weight is 283 g/mol. The molecule has 0 aromatic rings. The summed E-state index contributed by atoms with van der Waals surface area (Å²) in [4.78, 5) is 0. The zero-order chi connectivity index (χ0) is 15.0. The third-order valence-electron chi connectivity index (χ3n) is 5.01. The SMILES string of the molecule is CCCNC(C1OCCC1C)C1CC(C)(C)OC1(C)C. The van der Waals surface area contributed by atoms with E-state index in [1.54, 1.807) is 0 Å². The molecule has 118 valence electrons. The second-order valence-corrected chi connectivity index (χ2v) is 7.86. The van der Waals surface area contributed by atoms with Crippen LogP contribution >= 0.6 is 0 Å². The Morgan fingerprint density at radius 1 is 1.25 bits per heavy atom. The molecule has 2 saturated heterocycles. The molecule has 2 fully saturated rings. The zero-order valence-corrected chi connectivity index (χ0v) is 14.2. The second kappa shape index (κ2) is 5.94. The summed E-state index contributed by atoms with van der Waals surface area (Å²) in [6.45, 7) is 15.4. The minimum atomic E-state index is -0.0828. The van der Waals surface area contributed by atoms with Gasteiger partial charge in [0, 0.05) is 18.6 Å². The summed E-state index contributed by atoms with van der Waals surface area (Å²) in [5.74, 6) is 1.15. The quantitative estimate of drug-likeness (QED) is 0.839. The van der Waals surface area contributed by atoms with E-state index in [1.165, 1.54) is 6.42 Å². The van der Waals surface area contributed by atoms with Gasteiger partial charge in [-0.25, -0.2) is 0 Å². The van der Waals surface area contributed by atoms with Crippen molar-refractivity contribution in [3.05, 3.63) is 0 Å². The van der Waals surface area contributed by atoms with Crippen molar-refractivity contribution in [3.63, 3.8) is 0 Å². The molecule has 0 spiro atoms. The Kier molecular flexibility index (Phi) is 4.83. The molecule has 0 aliphatic carbocycles. The van der Waals surface area contributed by atoms with Gasteiger partial charge in [-0.1, -0.05) is 13.8 Å². The van der Waals surface area contributed by atoms with Crippen LogP contribution in [0.5, 0.6) is 0 Å². The molecular formula is C17H33NO2. The third-order valence-corrected chi connectivity index (χ3v) is 5.01. The van der Waals surface area contributed by atoms with E-state index in [1.807, 2.05) is 0 Å². The predicted molar refractivity (Wildman–Crippen MR) is 83.0 cm³/mol. The highest BCUT2D eigenvalue weighted by molar-refractivity contribution is 5.03. The molecule has 0 aromatic heterocycles. The Morgan fingerprint density at radius 3 is 2.40 bits per heavy atom. The zero-order valence-electron chi connectivity index (χ0n) is 14.2. The molecule has 20 heavy (non-hydrogen) atoms. The van der Waals surface area contributed by atoms with E-state index >= 15 is 0 Å². The molecule has 2 heterocycles. The highest BCUT2D eigenvalue weighted by atomic mass is 16.5. The van der Waals surface area contributed by atoms with Crippen molar-refractivity contribution in [3.8, 4) is 0 Å². The van der Waals surface area contributed by atoms with Gasteiger partial charge in [0.25, 0.3) is 0 Å². The Morgan fingerprint density at radius 2 is 1.95 bits per heavy atom. The second-order valence-electron chi connectivity index (χ2n) is 7.86. The molecule has 2 rings (SSSR count). The van der Waals surface area contributed by atoms with Gasteiger partial charge in [0.15, 0.2) is 0 Å². The Balaban J connectivity index is 2.17. The molecule has 2 aliphatic rings. The van der Waals surface area contributed by atoms with Crippen LogP contribution < -0.4 is 5.32 Å². The van der Waals surface area contributed by atoms with Crippen LogP contribution in [0.1, 0.15) is 60.8 Å². The molecule has 0 bridgehead atoms. The van der Waals surface area contributed by atoms with Crippen molar-refractivity contribution in [1.29, 1.82) is 0 Å². The molecule has 3 heteroatoms. The van der Waals surface area contributed by atoms with E-state index in [0.29, 0.717) is 24.0 Å². The van der Waals surface area contributed by atoms with Gasteiger partial charge >= 0.3 is 0 Å². The van der Waals surface area contributed by atoms with Crippen molar-refractivity contribution >= 4 is 0 Å². The fourth-order valence-corrected chi connectivity index (χ4v) is 4.14. The highest BCUT2D eigenvalue weighted by Crippen LogP contribution is 2.45. The van der Waals surface area contributed by atoms with E-state index in [4.69, 9.17) is 9.47 Å². The smallest absolute Gasteiger partial charge is 0.0758 e. The average Bonchev–Trinajstić information content (AvgIpc) is 2.81. The number of rotatable bonds is 5. The van der Waals surface area contributed by atoms with Crippen LogP contribution in [0.15, 0.2) is 0 Å². The lowest BCUT2D eigenvalue weighted by molar-refractivity contribution is -0.0846. The summed E-state index contributed by atoms with van der Waals surface area (Å²) in [7, 11) is 0. The lowest BCUT2D eigenvalue weighted by Crippen LogP contribution is -2.52. The van der Waals surface area contributed by atoms with Crippen LogP contribution in [0.4, 0.5) is 0 Å². The maximum atomic E-state index is 6.31. The van der Waals surface area contributed by atoms with Crippen molar-refractivity contribution < 1.29 is 9.47 Å². The first-order chi connectivity index (χ1) is 9.27. The summed E-state index contributed by atoms with van der Waals surface area (Å²) in [5.41, 5.74) is -0.108. The Labute approximate surface area is 124 Å².